The van der Waals surface area contributed by atoms with E-state index in [2.05, 4.69) is 184 Å². The van der Waals surface area contributed by atoms with Gasteiger partial charge in [-0.1, -0.05) is 172 Å². The van der Waals surface area contributed by atoms with Gasteiger partial charge < -0.3 is 8.83 Å². The number of hydrogen-bond acceptors (Lipinski definition) is 2. The zero-order valence-electron chi connectivity index (χ0n) is 32.8. The van der Waals surface area contributed by atoms with Crippen molar-refractivity contribution in [2.75, 3.05) is 0 Å². The van der Waals surface area contributed by atoms with Gasteiger partial charge in [0.05, 0.1) is 0 Å². The Balaban J connectivity index is 1.14. The quantitative estimate of drug-likeness (QED) is 0.164. The fraction of sp³-hybridized carbons (Fsp3) is 0.0741. The molecule has 9 aromatic carbocycles. The number of para-hydroxylation sites is 2. The summed E-state index contributed by atoms with van der Waals surface area (Å²) < 4.78 is 13.9. The van der Waals surface area contributed by atoms with Gasteiger partial charge >= 0.3 is 0 Å². The fourth-order valence-corrected chi connectivity index (χ4v) is 19.7. The Morgan fingerprint density at radius 2 is 0.724 bits per heavy atom. The Hall–Kier alpha value is -6.47. The lowest BCUT2D eigenvalue weighted by molar-refractivity contribution is 0.670. The maximum atomic E-state index is 6.96. The second-order valence-corrected chi connectivity index (χ2v) is 26.1. The van der Waals surface area contributed by atoms with Gasteiger partial charge in [0.25, 0.3) is 0 Å². The first-order chi connectivity index (χ1) is 28.3. The minimum absolute atomic E-state index is 0.943. The summed E-state index contributed by atoms with van der Waals surface area (Å²) in [6.07, 6.45) is 0. The van der Waals surface area contributed by atoms with E-state index in [9.17, 15) is 0 Å². The van der Waals surface area contributed by atoms with Crippen LogP contribution in [0.15, 0.2) is 167 Å². The van der Waals surface area contributed by atoms with Crippen molar-refractivity contribution < 1.29 is 8.83 Å². The van der Waals surface area contributed by atoms with Gasteiger partial charge in [0.1, 0.15) is 38.5 Å². The molecule has 4 heterocycles. The molecule has 11 aromatic rings. The van der Waals surface area contributed by atoms with Crippen LogP contribution < -0.4 is 20.7 Å². The van der Waals surface area contributed by atoms with Crippen LogP contribution in [0.4, 0.5) is 0 Å². The van der Waals surface area contributed by atoms with Gasteiger partial charge in [0.2, 0.25) is 0 Å². The summed E-state index contributed by atoms with van der Waals surface area (Å²) in [5, 5.41) is 16.1. The molecule has 0 fully saturated rings. The van der Waals surface area contributed by atoms with Gasteiger partial charge in [0.15, 0.2) is 0 Å². The molecule has 0 spiro atoms. The van der Waals surface area contributed by atoms with Crippen molar-refractivity contribution in [1.82, 2.24) is 0 Å². The number of rotatable bonds is 2. The Labute approximate surface area is 338 Å². The minimum Gasteiger partial charge on any atom is -0.455 e. The van der Waals surface area contributed by atoms with Crippen molar-refractivity contribution in [3.05, 3.63) is 158 Å². The molecule has 2 aliphatic rings. The van der Waals surface area contributed by atoms with E-state index in [1.54, 1.807) is 10.4 Å². The third kappa shape index (κ3) is 4.01. The molecular formula is C54H38O2Si2. The third-order valence-electron chi connectivity index (χ3n) is 13.8. The lowest BCUT2D eigenvalue weighted by Crippen LogP contribution is -2.63. The predicted molar refractivity (Wildman–Crippen MR) is 251 cm³/mol. The molecule has 0 unspecified atom stereocenters. The third-order valence-corrected chi connectivity index (χ3v) is 21.1. The highest BCUT2D eigenvalue weighted by atomic mass is 28.3. The predicted octanol–water partition coefficient (Wildman–Crippen LogP) is 12.7. The molecule has 58 heavy (non-hydrogen) atoms. The molecule has 274 valence electrons. The van der Waals surface area contributed by atoms with E-state index in [1.807, 2.05) is 0 Å². The zero-order valence-corrected chi connectivity index (χ0v) is 34.8. The molecule has 2 aliphatic heterocycles. The molecule has 0 aliphatic carbocycles. The van der Waals surface area contributed by atoms with E-state index in [0.717, 1.165) is 22.3 Å². The van der Waals surface area contributed by atoms with E-state index in [-0.39, 0.29) is 0 Å². The van der Waals surface area contributed by atoms with Crippen LogP contribution in [0.1, 0.15) is 0 Å². The largest absolute Gasteiger partial charge is 0.455 e. The van der Waals surface area contributed by atoms with E-state index < -0.39 is 16.1 Å². The van der Waals surface area contributed by atoms with Crippen LogP contribution >= 0.6 is 0 Å². The van der Waals surface area contributed by atoms with Crippen LogP contribution in [0.3, 0.4) is 0 Å². The van der Waals surface area contributed by atoms with Crippen molar-refractivity contribution in [2.24, 2.45) is 0 Å². The first-order valence-corrected chi connectivity index (χ1v) is 26.4. The molecule has 0 saturated heterocycles. The lowest BCUT2D eigenvalue weighted by Gasteiger charge is -2.28. The monoisotopic (exact) mass is 774 g/mol. The van der Waals surface area contributed by atoms with Gasteiger partial charge in [-0.15, -0.1) is 0 Å². The number of benzene rings is 9. The molecule has 0 radical (unpaired) electrons. The highest BCUT2D eigenvalue weighted by Gasteiger charge is 2.49. The highest BCUT2D eigenvalue weighted by molar-refractivity contribution is 7.13. The molecule has 4 heteroatoms. The van der Waals surface area contributed by atoms with Gasteiger partial charge in [-0.2, -0.15) is 0 Å². The van der Waals surface area contributed by atoms with Gasteiger partial charge in [0, 0.05) is 32.7 Å². The second-order valence-electron chi connectivity index (χ2n) is 17.5. The van der Waals surface area contributed by atoms with Crippen LogP contribution in [-0.2, 0) is 0 Å². The average molecular weight is 775 g/mol. The Morgan fingerprint density at radius 3 is 1.17 bits per heavy atom. The first kappa shape index (κ1) is 32.6. The van der Waals surface area contributed by atoms with E-state index >= 15 is 0 Å². The fourth-order valence-electron chi connectivity index (χ4n) is 11.3. The molecule has 0 bridgehead atoms. The molecular weight excluding hydrogens is 737 g/mol. The van der Waals surface area contributed by atoms with Crippen molar-refractivity contribution in [1.29, 1.82) is 0 Å². The van der Waals surface area contributed by atoms with Crippen LogP contribution in [-0.4, -0.2) is 16.1 Å². The topological polar surface area (TPSA) is 26.3 Å². The number of hydrogen-bond donors (Lipinski definition) is 0. The average Bonchev–Trinajstić information content (AvgIpc) is 3.95. The van der Waals surface area contributed by atoms with Crippen LogP contribution in [0.25, 0.3) is 110 Å². The maximum absolute atomic E-state index is 6.96. The zero-order chi connectivity index (χ0) is 38.7. The van der Waals surface area contributed by atoms with E-state index in [0.29, 0.717) is 0 Å². The van der Waals surface area contributed by atoms with Crippen LogP contribution in [0.5, 0.6) is 0 Å². The molecule has 2 aromatic heterocycles. The van der Waals surface area contributed by atoms with Gasteiger partial charge in [-0.25, -0.2) is 0 Å². The summed E-state index contributed by atoms with van der Waals surface area (Å²) in [5.74, 6) is 0. The van der Waals surface area contributed by atoms with Gasteiger partial charge in [-0.3, -0.25) is 0 Å². The van der Waals surface area contributed by atoms with E-state index in [1.165, 1.54) is 98.0 Å². The summed E-state index contributed by atoms with van der Waals surface area (Å²) in [6, 6.07) is 58.3. The van der Waals surface area contributed by atoms with E-state index in [4.69, 9.17) is 8.83 Å². The molecule has 0 N–H and O–H groups in total. The Kier molecular flexibility index (Phi) is 6.26. The summed E-state index contributed by atoms with van der Waals surface area (Å²) in [7, 11) is -4.65. The Morgan fingerprint density at radius 1 is 0.345 bits per heavy atom. The number of furan rings is 2. The molecule has 0 amide bonds. The van der Waals surface area contributed by atoms with Crippen molar-refractivity contribution in [3.63, 3.8) is 0 Å². The minimum atomic E-state index is -2.33. The van der Waals surface area contributed by atoms with Crippen molar-refractivity contribution in [2.45, 2.75) is 26.2 Å². The number of fused-ring (bicyclic) bond motifs is 17. The summed E-state index contributed by atoms with van der Waals surface area (Å²) >= 11 is 0. The van der Waals surface area contributed by atoms with Gasteiger partial charge in [-0.05, 0) is 87.8 Å². The molecule has 2 nitrogen and oxygen atoms in total. The highest BCUT2D eigenvalue weighted by Crippen LogP contribution is 2.49. The summed E-state index contributed by atoms with van der Waals surface area (Å²) in [4.78, 5) is 0. The molecule has 0 saturated carbocycles. The van der Waals surface area contributed by atoms with Crippen LogP contribution in [0, 0.1) is 0 Å². The molecule has 0 atom stereocenters. The smallest absolute Gasteiger partial charge is 0.143 e. The normalized spacial score (nSPS) is 14.8. The summed E-state index contributed by atoms with van der Waals surface area (Å²) in [5.41, 5.74) is 14.3. The van der Waals surface area contributed by atoms with Crippen molar-refractivity contribution in [3.8, 4) is 44.5 Å². The SMILES string of the molecule is C[Si]1(C)c2cc(-c3cccc4ccccc34)c3oc4ccccc4c3c2-c2ccc3c(c21)[Si](C)(C)c1cc(-c2cccc4ccccc24)c2oc4ccccc4c2c1-3. The lowest BCUT2D eigenvalue weighted by atomic mass is 9.90. The van der Waals surface area contributed by atoms with Crippen molar-refractivity contribution >= 4 is 102 Å². The van der Waals surface area contributed by atoms with Crippen LogP contribution in [0.2, 0.25) is 26.2 Å². The standard InChI is InChI=1S/C54H38O2Si2/c1-57(2)45-29-41(35-23-13-17-31-15-5-7-19-33(31)35)51-49(37-21-9-11-25-43(37)55-51)47(45)39-27-28-40-48-46(58(3,4)54(40)53(39)57)30-42(36-24-14-18-32-16-6-8-20-34(32)36)52-50(48)38-22-10-12-26-44(38)56-52/h5-30H,1-4H3. The maximum Gasteiger partial charge on any atom is 0.143 e. The molecule has 13 rings (SSSR count). The summed E-state index contributed by atoms with van der Waals surface area (Å²) in [6.45, 7) is 10.4. The first-order valence-electron chi connectivity index (χ1n) is 20.4. The second kappa shape index (κ2) is 11.1. The Bertz CT molecular complexity index is 3390.